The summed E-state index contributed by atoms with van der Waals surface area (Å²) in [5.74, 6) is 0.0606. The molecule has 4 aromatic carbocycles. The van der Waals surface area contributed by atoms with Crippen LogP contribution in [0.4, 0.5) is 0 Å². The van der Waals surface area contributed by atoms with Gasteiger partial charge in [0.2, 0.25) is 0 Å². The van der Waals surface area contributed by atoms with E-state index in [1.54, 1.807) is 31.2 Å². The van der Waals surface area contributed by atoms with Gasteiger partial charge >= 0.3 is 5.97 Å². The molecular formula is C28H22Cl2N2O5. The molecule has 4 rings (SSSR count). The van der Waals surface area contributed by atoms with Gasteiger partial charge in [-0.2, -0.15) is 5.10 Å². The van der Waals surface area contributed by atoms with E-state index in [1.807, 2.05) is 42.5 Å². The van der Waals surface area contributed by atoms with Gasteiger partial charge in [0, 0.05) is 5.02 Å². The summed E-state index contributed by atoms with van der Waals surface area (Å²) in [6.45, 7) is 1.95. The monoisotopic (exact) mass is 536 g/mol. The summed E-state index contributed by atoms with van der Waals surface area (Å²) < 4.78 is 16.7. The number of hydrazone groups is 1. The molecule has 1 N–H and O–H groups in total. The van der Waals surface area contributed by atoms with Crippen LogP contribution < -0.4 is 19.6 Å². The molecule has 0 saturated heterocycles. The van der Waals surface area contributed by atoms with Crippen LogP contribution in [0.3, 0.4) is 0 Å². The van der Waals surface area contributed by atoms with Crippen molar-refractivity contribution in [1.29, 1.82) is 0 Å². The standard InChI is InChI=1S/C28H22Cl2N2O5/c1-2-35-26-13-18(7-12-25(26)37-28(34)23-11-9-21(29)15-24(23)30)16-31-32-27(33)17-36-22-10-8-19-5-3-4-6-20(19)14-22/h3-16H,2,17H2,1H3,(H,32,33)/b31-16+. The molecule has 188 valence electrons. The average molecular weight is 537 g/mol. The highest BCUT2D eigenvalue weighted by Gasteiger charge is 2.16. The number of carbonyl (C=O) groups is 2. The molecule has 37 heavy (non-hydrogen) atoms. The molecule has 1 amide bonds. The maximum Gasteiger partial charge on any atom is 0.345 e. The Morgan fingerprint density at radius 1 is 0.892 bits per heavy atom. The third-order valence-electron chi connectivity index (χ3n) is 5.12. The Bertz CT molecular complexity index is 1470. The molecule has 0 atom stereocenters. The van der Waals surface area contributed by atoms with Crippen molar-refractivity contribution >= 4 is 52.1 Å². The minimum absolute atomic E-state index is 0.174. The van der Waals surface area contributed by atoms with E-state index in [-0.39, 0.29) is 22.9 Å². The summed E-state index contributed by atoms with van der Waals surface area (Å²) in [5, 5.41) is 6.67. The van der Waals surface area contributed by atoms with Gasteiger partial charge in [-0.05, 0) is 71.8 Å². The lowest BCUT2D eigenvalue weighted by Crippen LogP contribution is -2.24. The molecular weight excluding hydrogens is 515 g/mol. The largest absolute Gasteiger partial charge is 0.490 e. The van der Waals surface area contributed by atoms with Crippen molar-refractivity contribution in [3.05, 3.63) is 100 Å². The predicted octanol–water partition coefficient (Wildman–Crippen LogP) is 6.29. The van der Waals surface area contributed by atoms with Crippen molar-refractivity contribution < 1.29 is 23.8 Å². The molecule has 4 aromatic rings. The van der Waals surface area contributed by atoms with Gasteiger partial charge in [-0.25, -0.2) is 10.2 Å². The van der Waals surface area contributed by atoms with Crippen LogP contribution >= 0.6 is 23.2 Å². The lowest BCUT2D eigenvalue weighted by Gasteiger charge is -2.12. The molecule has 0 radical (unpaired) electrons. The molecule has 0 aliphatic heterocycles. The first-order valence-electron chi connectivity index (χ1n) is 11.3. The van der Waals surface area contributed by atoms with E-state index >= 15 is 0 Å². The van der Waals surface area contributed by atoms with E-state index < -0.39 is 11.9 Å². The summed E-state index contributed by atoms with van der Waals surface area (Å²) >= 11 is 12.0. The van der Waals surface area contributed by atoms with Gasteiger partial charge in [0.1, 0.15) is 5.75 Å². The highest BCUT2D eigenvalue weighted by atomic mass is 35.5. The number of nitrogens with one attached hydrogen (secondary N) is 1. The molecule has 0 aliphatic rings. The Balaban J connectivity index is 1.35. The molecule has 0 unspecified atom stereocenters. The normalized spacial score (nSPS) is 10.9. The number of carbonyl (C=O) groups excluding carboxylic acids is 2. The predicted molar refractivity (Wildman–Crippen MR) is 144 cm³/mol. The molecule has 9 heteroatoms. The number of benzene rings is 4. The number of esters is 1. The first kappa shape index (κ1) is 26.0. The van der Waals surface area contributed by atoms with E-state index in [0.29, 0.717) is 28.7 Å². The zero-order chi connectivity index (χ0) is 26.2. The second-order valence-electron chi connectivity index (χ2n) is 7.74. The number of fused-ring (bicyclic) bond motifs is 1. The second kappa shape index (κ2) is 12.3. The van der Waals surface area contributed by atoms with Crippen molar-refractivity contribution in [2.45, 2.75) is 6.92 Å². The number of rotatable bonds is 9. The van der Waals surface area contributed by atoms with Gasteiger partial charge in [0.25, 0.3) is 5.91 Å². The van der Waals surface area contributed by atoms with Crippen LogP contribution in [-0.4, -0.2) is 31.3 Å². The van der Waals surface area contributed by atoms with Crippen molar-refractivity contribution in [3.8, 4) is 17.2 Å². The van der Waals surface area contributed by atoms with Crippen molar-refractivity contribution in [1.82, 2.24) is 5.43 Å². The van der Waals surface area contributed by atoms with E-state index in [2.05, 4.69) is 10.5 Å². The summed E-state index contributed by atoms with van der Waals surface area (Å²) in [7, 11) is 0. The maximum atomic E-state index is 12.6. The van der Waals surface area contributed by atoms with Gasteiger partial charge in [0.15, 0.2) is 18.1 Å². The maximum absolute atomic E-state index is 12.6. The fourth-order valence-corrected chi connectivity index (χ4v) is 3.87. The van der Waals surface area contributed by atoms with Gasteiger partial charge in [-0.3, -0.25) is 4.79 Å². The third-order valence-corrected chi connectivity index (χ3v) is 5.66. The molecule has 7 nitrogen and oxygen atoms in total. The first-order chi connectivity index (χ1) is 17.9. The Morgan fingerprint density at radius 2 is 1.70 bits per heavy atom. The highest BCUT2D eigenvalue weighted by molar-refractivity contribution is 6.36. The Labute approximate surface area is 223 Å². The highest BCUT2D eigenvalue weighted by Crippen LogP contribution is 2.30. The van der Waals surface area contributed by atoms with Crippen molar-refractivity contribution in [3.63, 3.8) is 0 Å². The number of halogens is 2. The van der Waals surface area contributed by atoms with Crippen LogP contribution in [0.15, 0.2) is 84.0 Å². The van der Waals surface area contributed by atoms with Gasteiger partial charge in [-0.1, -0.05) is 53.5 Å². The SMILES string of the molecule is CCOc1cc(/C=N/NC(=O)COc2ccc3ccccc3c2)ccc1OC(=O)c1ccc(Cl)cc1Cl. The third kappa shape index (κ3) is 7.00. The molecule has 0 aromatic heterocycles. The van der Waals surface area contributed by atoms with Crippen LogP contribution in [0.25, 0.3) is 10.8 Å². The van der Waals surface area contributed by atoms with Crippen LogP contribution in [0.2, 0.25) is 10.0 Å². The summed E-state index contributed by atoms with van der Waals surface area (Å²) in [6.07, 6.45) is 1.44. The Morgan fingerprint density at radius 3 is 2.49 bits per heavy atom. The quantitative estimate of drug-likeness (QED) is 0.117. The Hall–Kier alpha value is -4.07. The van der Waals surface area contributed by atoms with Crippen LogP contribution in [0.5, 0.6) is 17.2 Å². The number of ether oxygens (including phenoxy) is 3. The lowest BCUT2D eigenvalue weighted by molar-refractivity contribution is -0.123. The summed E-state index contributed by atoms with van der Waals surface area (Å²) in [4.78, 5) is 24.7. The first-order valence-corrected chi connectivity index (χ1v) is 12.1. The molecule has 0 fully saturated rings. The smallest absolute Gasteiger partial charge is 0.345 e. The molecule has 0 saturated carbocycles. The van der Waals surface area contributed by atoms with Gasteiger partial charge < -0.3 is 14.2 Å². The van der Waals surface area contributed by atoms with Crippen molar-refractivity contribution in [2.75, 3.05) is 13.2 Å². The average Bonchev–Trinajstić information content (AvgIpc) is 2.89. The topological polar surface area (TPSA) is 86.2 Å². The van der Waals surface area contributed by atoms with E-state index in [4.69, 9.17) is 37.4 Å². The van der Waals surface area contributed by atoms with Gasteiger partial charge in [0.05, 0.1) is 23.4 Å². The molecule has 0 bridgehead atoms. The molecule has 0 spiro atoms. The van der Waals surface area contributed by atoms with Gasteiger partial charge in [-0.15, -0.1) is 0 Å². The fraction of sp³-hybridized carbons (Fsp3) is 0.107. The van der Waals surface area contributed by atoms with E-state index in [9.17, 15) is 9.59 Å². The number of hydrogen-bond donors (Lipinski definition) is 1. The fourth-order valence-electron chi connectivity index (χ4n) is 3.38. The van der Waals surface area contributed by atoms with Crippen LogP contribution in [-0.2, 0) is 4.79 Å². The number of hydrogen-bond acceptors (Lipinski definition) is 6. The zero-order valence-electron chi connectivity index (χ0n) is 19.7. The number of amides is 1. The zero-order valence-corrected chi connectivity index (χ0v) is 21.3. The minimum atomic E-state index is -0.650. The molecule has 0 aliphatic carbocycles. The summed E-state index contributed by atoms with van der Waals surface area (Å²) in [5.41, 5.74) is 3.21. The van der Waals surface area contributed by atoms with Crippen LogP contribution in [0.1, 0.15) is 22.8 Å². The van der Waals surface area contributed by atoms with Crippen LogP contribution in [0, 0.1) is 0 Å². The number of nitrogens with zero attached hydrogens (tertiary/aromatic N) is 1. The second-order valence-corrected chi connectivity index (χ2v) is 8.59. The van der Waals surface area contributed by atoms with E-state index in [1.165, 1.54) is 18.3 Å². The lowest BCUT2D eigenvalue weighted by atomic mass is 10.1. The van der Waals surface area contributed by atoms with Crippen molar-refractivity contribution in [2.24, 2.45) is 5.10 Å². The van der Waals surface area contributed by atoms with E-state index in [0.717, 1.165) is 10.8 Å². The minimum Gasteiger partial charge on any atom is -0.490 e. The Kier molecular flexibility index (Phi) is 8.61. The summed E-state index contributed by atoms with van der Waals surface area (Å²) in [6, 6.07) is 22.9. The molecule has 0 heterocycles.